The van der Waals surface area contributed by atoms with Crippen molar-refractivity contribution < 1.29 is 14.2 Å². The molecule has 4 aromatic rings. The standard InChI is InChI=1S/C25H22N4O3/c1-30-23-13-19(14-24(25(23)31-2)32-16-17-8-4-3-5-9-17)20-12-18-10-6-7-11-21(18)28-22(20)15-27-29-26/h3-14H,15-16H2,1-2H3. The van der Waals surface area contributed by atoms with Gasteiger partial charge < -0.3 is 14.2 Å². The lowest BCUT2D eigenvalue weighted by Gasteiger charge is -2.17. The smallest absolute Gasteiger partial charge is 0.203 e. The molecular formula is C25H22N4O3. The first-order valence-electron chi connectivity index (χ1n) is 10.1. The fourth-order valence-corrected chi connectivity index (χ4v) is 3.55. The molecule has 1 heterocycles. The highest BCUT2D eigenvalue weighted by atomic mass is 16.5. The van der Waals surface area contributed by atoms with Gasteiger partial charge in [-0.2, -0.15) is 0 Å². The van der Waals surface area contributed by atoms with Crippen LogP contribution in [-0.2, 0) is 13.2 Å². The largest absolute Gasteiger partial charge is 0.493 e. The minimum absolute atomic E-state index is 0.130. The third kappa shape index (κ3) is 4.43. The molecular weight excluding hydrogens is 404 g/mol. The molecule has 160 valence electrons. The van der Waals surface area contributed by atoms with Crippen LogP contribution in [-0.4, -0.2) is 19.2 Å². The number of pyridine rings is 1. The van der Waals surface area contributed by atoms with Crippen molar-refractivity contribution in [3.8, 4) is 28.4 Å². The van der Waals surface area contributed by atoms with Crippen molar-refractivity contribution in [2.24, 2.45) is 5.11 Å². The summed E-state index contributed by atoms with van der Waals surface area (Å²) in [5.74, 6) is 1.60. The quantitative estimate of drug-likeness (QED) is 0.188. The Labute approximate surface area is 185 Å². The second kappa shape index (κ2) is 9.73. The number of fused-ring (bicyclic) bond motifs is 1. The number of hydrogen-bond donors (Lipinski definition) is 0. The summed E-state index contributed by atoms with van der Waals surface area (Å²) in [6, 6.07) is 23.5. The first kappa shape index (κ1) is 21.0. The summed E-state index contributed by atoms with van der Waals surface area (Å²) in [5.41, 5.74) is 13.1. The molecule has 0 radical (unpaired) electrons. The second-order valence-corrected chi connectivity index (χ2v) is 7.05. The molecule has 1 aromatic heterocycles. The number of hydrogen-bond acceptors (Lipinski definition) is 5. The third-order valence-electron chi connectivity index (χ3n) is 5.08. The zero-order valence-corrected chi connectivity index (χ0v) is 17.9. The van der Waals surface area contributed by atoms with E-state index in [1.807, 2.05) is 72.8 Å². The van der Waals surface area contributed by atoms with Gasteiger partial charge in [0.2, 0.25) is 5.75 Å². The average molecular weight is 426 g/mol. The minimum atomic E-state index is 0.130. The van der Waals surface area contributed by atoms with Gasteiger partial charge in [0.1, 0.15) is 6.61 Å². The number of rotatable bonds is 8. The molecule has 0 aliphatic rings. The van der Waals surface area contributed by atoms with Crippen molar-refractivity contribution in [2.45, 2.75) is 13.2 Å². The summed E-state index contributed by atoms with van der Waals surface area (Å²) in [5, 5.41) is 4.72. The van der Waals surface area contributed by atoms with E-state index >= 15 is 0 Å². The van der Waals surface area contributed by atoms with E-state index < -0.39 is 0 Å². The molecule has 0 atom stereocenters. The second-order valence-electron chi connectivity index (χ2n) is 7.05. The summed E-state index contributed by atoms with van der Waals surface area (Å²) in [6.07, 6.45) is 0. The predicted molar refractivity (Wildman–Crippen MR) is 124 cm³/mol. The first-order chi connectivity index (χ1) is 15.7. The Morgan fingerprint density at radius 3 is 2.41 bits per heavy atom. The zero-order valence-electron chi connectivity index (χ0n) is 17.9. The average Bonchev–Trinajstić information content (AvgIpc) is 2.85. The van der Waals surface area contributed by atoms with Crippen molar-refractivity contribution in [2.75, 3.05) is 14.2 Å². The van der Waals surface area contributed by atoms with Crippen LogP contribution in [0.4, 0.5) is 0 Å². The van der Waals surface area contributed by atoms with E-state index in [-0.39, 0.29) is 6.54 Å². The molecule has 0 saturated heterocycles. The van der Waals surface area contributed by atoms with Crippen molar-refractivity contribution >= 4 is 10.9 Å². The zero-order chi connectivity index (χ0) is 22.3. The lowest BCUT2D eigenvalue weighted by atomic mass is 10.00. The molecule has 0 bridgehead atoms. The Bertz CT molecular complexity index is 1290. The monoisotopic (exact) mass is 426 g/mol. The Hall–Kier alpha value is -4.22. The summed E-state index contributed by atoms with van der Waals surface area (Å²) in [7, 11) is 3.17. The van der Waals surface area contributed by atoms with Crippen LogP contribution in [0.1, 0.15) is 11.3 Å². The molecule has 0 aliphatic heterocycles. The van der Waals surface area contributed by atoms with Crippen LogP contribution in [0.3, 0.4) is 0 Å². The van der Waals surface area contributed by atoms with E-state index in [1.54, 1.807) is 14.2 Å². The fraction of sp³-hybridized carbons (Fsp3) is 0.160. The lowest BCUT2D eigenvalue weighted by molar-refractivity contribution is 0.275. The third-order valence-corrected chi connectivity index (χ3v) is 5.08. The van der Waals surface area contributed by atoms with Gasteiger partial charge in [0.15, 0.2) is 11.5 Å². The number of aromatic nitrogens is 1. The molecule has 0 fully saturated rings. The molecule has 7 nitrogen and oxygen atoms in total. The van der Waals surface area contributed by atoms with Gasteiger partial charge in [-0.05, 0) is 40.9 Å². The van der Waals surface area contributed by atoms with Gasteiger partial charge in [-0.3, -0.25) is 4.98 Å². The van der Waals surface area contributed by atoms with Gasteiger partial charge in [-0.15, -0.1) is 0 Å². The highest BCUT2D eigenvalue weighted by Crippen LogP contribution is 2.42. The number of nitrogens with zero attached hydrogens (tertiary/aromatic N) is 4. The number of ether oxygens (including phenoxy) is 3. The molecule has 0 saturated carbocycles. The highest BCUT2D eigenvalue weighted by Gasteiger charge is 2.18. The summed E-state index contributed by atoms with van der Waals surface area (Å²) in [6.45, 7) is 0.510. The van der Waals surface area contributed by atoms with Crippen LogP contribution < -0.4 is 14.2 Å². The summed E-state index contributed by atoms with van der Waals surface area (Å²) < 4.78 is 17.3. The van der Waals surface area contributed by atoms with Gasteiger partial charge in [0, 0.05) is 15.9 Å². The van der Waals surface area contributed by atoms with E-state index in [1.165, 1.54) is 0 Å². The first-order valence-corrected chi connectivity index (χ1v) is 10.1. The Morgan fingerprint density at radius 2 is 1.66 bits per heavy atom. The molecule has 0 unspecified atom stereocenters. The van der Waals surface area contributed by atoms with Gasteiger partial charge >= 0.3 is 0 Å². The molecule has 3 aromatic carbocycles. The molecule has 0 spiro atoms. The topological polar surface area (TPSA) is 89.3 Å². The molecule has 0 N–H and O–H groups in total. The summed E-state index contributed by atoms with van der Waals surface area (Å²) in [4.78, 5) is 7.64. The normalized spacial score (nSPS) is 10.4. The van der Waals surface area contributed by atoms with Crippen LogP contribution in [0, 0.1) is 0 Å². The Morgan fingerprint density at radius 1 is 0.906 bits per heavy atom. The molecule has 0 amide bonds. The number of para-hydroxylation sites is 1. The lowest BCUT2D eigenvalue weighted by Crippen LogP contribution is -2.01. The maximum atomic E-state index is 8.85. The Kier molecular flexibility index (Phi) is 6.39. The molecule has 0 aliphatic carbocycles. The fourth-order valence-electron chi connectivity index (χ4n) is 3.55. The molecule has 32 heavy (non-hydrogen) atoms. The molecule has 4 rings (SSSR count). The van der Waals surface area contributed by atoms with E-state index in [9.17, 15) is 0 Å². The van der Waals surface area contributed by atoms with Crippen molar-refractivity contribution in [1.29, 1.82) is 0 Å². The van der Waals surface area contributed by atoms with Crippen molar-refractivity contribution in [3.05, 3.63) is 94.5 Å². The van der Waals surface area contributed by atoms with E-state index in [0.29, 0.717) is 29.5 Å². The SMILES string of the molecule is COc1cc(-c2cc3ccccc3nc2CN=[N+]=[N-])cc(OCc2ccccc2)c1OC. The van der Waals surface area contributed by atoms with E-state index in [0.717, 1.165) is 27.6 Å². The maximum absolute atomic E-state index is 8.85. The van der Waals surface area contributed by atoms with Crippen LogP contribution in [0.5, 0.6) is 17.2 Å². The Balaban J connectivity index is 1.83. The minimum Gasteiger partial charge on any atom is -0.493 e. The van der Waals surface area contributed by atoms with Gasteiger partial charge in [0.05, 0.1) is 32.0 Å². The van der Waals surface area contributed by atoms with Crippen molar-refractivity contribution in [3.63, 3.8) is 0 Å². The van der Waals surface area contributed by atoms with Crippen molar-refractivity contribution in [1.82, 2.24) is 4.98 Å². The van der Waals surface area contributed by atoms with Crippen LogP contribution in [0.15, 0.2) is 77.9 Å². The van der Waals surface area contributed by atoms with Gasteiger partial charge in [0.25, 0.3) is 0 Å². The predicted octanol–water partition coefficient (Wildman–Crippen LogP) is 6.31. The number of azide groups is 1. The van der Waals surface area contributed by atoms with Crippen LogP contribution >= 0.6 is 0 Å². The molecule has 7 heteroatoms. The van der Waals surface area contributed by atoms with Crippen LogP contribution in [0.2, 0.25) is 0 Å². The maximum Gasteiger partial charge on any atom is 0.203 e. The summed E-state index contributed by atoms with van der Waals surface area (Å²) >= 11 is 0. The van der Waals surface area contributed by atoms with E-state index in [2.05, 4.69) is 10.0 Å². The highest BCUT2D eigenvalue weighted by molar-refractivity contribution is 5.86. The number of benzene rings is 3. The van der Waals surface area contributed by atoms with Gasteiger partial charge in [-0.1, -0.05) is 53.6 Å². The van der Waals surface area contributed by atoms with E-state index in [4.69, 9.17) is 24.7 Å². The van der Waals surface area contributed by atoms with Crippen LogP contribution in [0.25, 0.3) is 32.5 Å². The van der Waals surface area contributed by atoms with Gasteiger partial charge in [-0.25, -0.2) is 0 Å². The number of methoxy groups -OCH3 is 2.